The standard InChI is InChI=1S/C15H19Cl/c16-10-15-13-7-3-1-5-11(13)9-12-6-2-4-8-14(12)15/h9H,1-8,10H2. The van der Waals surface area contributed by atoms with Crippen LogP contribution < -0.4 is 0 Å². The molecule has 0 aliphatic heterocycles. The van der Waals surface area contributed by atoms with Gasteiger partial charge in [-0.05, 0) is 79.2 Å². The Bertz CT molecular complexity index is 372. The molecule has 0 radical (unpaired) electrons. The van der Waals surface area contributed by atoms with Crippen LogP contribution in [0.15, 0.2) is 6.07 Å². The van der Waals surface area contributed by atoms with Gasteiger partial charge in [-0.3, -0.25) is 0 Å². The Hall–Kier alpha value is -0.490. The van der Waals surface area contributed by atoms with Crippen LogP contribution in [-0.4, -0.2) is 0 Å². The summed E-state index contributed by atoms with van der Waals surface area (Å²) in [6.45, 7) is 0. The lowest BCUT2D eigenvalue weighted by Crippen LogP contribution is -2.14. The molecule has 2 aliphatic carbocycles. The van der Waals surface area contributed by atoms with Crippen LogP contribution in [0.1, 0.15) is 53.5 Å². The Labute approximate surface area is 103 Å². The molecule has 3 rings (SSSR count). The third-order valence-corrected chi connectivity index (χ3v) is 4.50. The van der Waals surface area contributed by atoms with E-state index < -0.39 is 0 Å². The number of rotatable bonds is 1. The first kappa shape index (κ1) is 10.7. The molecular formula is C15H19Cl. The summed E-state index contributed by atoms with van der Waals surface area (Å²) in [5.74, 6) is 0.728. The van der Waals surface area contributed by atoms with E-state index in [4.69, 9.17) is 11.6 Å². The maximum absolute atomic E-state index is 6.20. The molecule has 0 unspecified atom stereocenters. The average molecular weight is 235 g/mol. The van der Waals surface area contributed by atoms with Crippen LogP contribution in [0.25, 0.3) is 0 Å². The summed E-state index contributed by atoms with van der Waals surface area (Å²) in [6.07, 6.45) is 10.6. The normalized spacial score (nSPS) is 19.1. The fourth-order valence-electron chi connectivity index (χ4n) is 3.42. The van der Waals surface area contributed by atoms with E-state index in [1.54, 1.807) is 22.3 Å². The molecule has 86 valence electrons. The lowest BCUT2D eigenvalue weighted by molar-refractivity contribution is 0.651. The highest BCUT2D eigenvalue weighted by atomic mass is 35.5. The van der Waals surface area contributed by atoms with Crippen molar-refractivity contribution in [3.63, 3.8) is 0 Å². The summed E-state index contributed by atoms with van der Waals surface area (Å²) in [5.41, 5.74) is 7.96. The third kappa shape index (κ3) is 1.68. The highest BCUT2D eigenvalue weighted by Gasteiger charge is 2.20. The molecule has 2 aliphatic rings. The minimum atomic E-state index is 0.728. The zero-order valence-electron chi connectivity index (χ0n) is 9.82. The van der Waals surface area contributed by atoms with E-state index in [-0.39, 0.29) is 0 Å². The van der Waals surface area contributed by atoms with E-state index in [1.165, 1.54) is 56.9 Å². The molecule has 0 fully saturated rings. The van der Waals surface area contributed by atoms with E-state index >= 15 is 0 Å². The Morgan fingerprint density at radius 2 is 1.31 bits per heavy atom. The summed E-state index contributed by atoms with van der Waals surface area (Å²) >= 11 is 6.20. The molecule has 0 amide bonds. The van der Waals surface area contributed by atoms with Gasteiger partial charge < -0.3 is 0 Å². The van der Waals surface area contributed by atoms with Crippen molar-refractivity contribution in [2.45, 2.75) is 57.2 Å². The number of aryl methyl sites for hydroxylation is 2. The van der Waals surface area contributed by atoms with Crippen LogP contribution in [0.2, 0.25) is 0 Å². The van der Waals surface area contributed by atoms with Crippen LogP contribution in [0.4, 0.5) is 0 Å². The summed E-state index contributed by atoms with van der Waals surface area (Å²) in [4.78, 5) is 0. The van der Waals surface area contributed by atoms with Crippen LogP contribution in [0, 0.1) is 0 Å². The molecule has 0 saturated carbocycles. The molecule has 0 heterocycles. The average Bonchev–Trinajstić information content (AvgIpc) is 2.36. The molecule has 0 saturated heterocycles. The second-order valence-corrected chi connectivity index (χ2v) is 5.45. The lowest BCUT2D eigenvalue weighted by atomic mass is 9.80. The molecule has 0 spiro atoms. The van der Waals surface area contributed by atoms with Crippen molar-refractivity contribution in [2.75, 3.05) is 0 Å². The molecule has 1 aromatic rings. The third-order valence-electron chi connectivity index (χ3n) is 4.23. The van der Waals surface area contributed by atoms with Gasteiger partial charge in [0.15, 0.2) is 0 Å². The zero-order valence-corrected chi connectivity index (χ0v) is 10.6. The molecule has 0 aromatic heterocycles. The van der Waals surface area contributed by atoms with Crippen molar-refractivity contribution in [1.29, 1.82) is 0 Å². The van der Waals surface area contributed by atoms with Gasteiger partial charge in [0.25, 0.3) is 0 Å². The fourth-order valence-corrected chi connectivity index (χ4v) is 3.74. The maximum Gasteiger partial charge on any atom is 0.0479 e. The minimum absolute atomic E-state index is 0.728. The monoisotopic (exact) mass is 234 g/mol. The summed E-state index contributed by atoms with van der Waals surface area (Å²) in [6, 6.07) is 2.50. The Morgan fingerprint density at radius 1 is 0.812 bits per heavy atom. The number of hydrogen-bond donors (Lipinski definition) is 0. The largest absolute Gasteiger partial charge is 0.122 e. The summed E-state index contributed by atoms with van der Waals surface area (Å²) in [5, 5.41) is 0. The van der Waals surface area contributed by atoms with Crippen molar-refractivity contribution in [3.05, 3.63) is 33.9 Å². The smallest absolute Gasteiger partial charge is 0.0479 e. The predicted octanol–water partition coefficient (Wildman–Crippen LogP) is 4.18. The molecular weight excluding hydrogens is 216 g/mol. The Morgan fingerprint density at radius 3 is 1.81 bits per heavy atom. The quantitative estimate of drug-likeness (QED) is 0.640. The number of halogens is 1. The van der Waals surface area contributed by atoms with E-state index in [2.05, 4.69) is 6.07 Å². The number of fused-ring (bicyclic) bond motifs is 2. The minimum Gasteiger partial charge on any atom is -0.122 e. The Balaban J connectivity index is 2.16. The SMILES string of the molecule is ClCc1c2c(cc3c1CCCC3)CCCC2. The van der Waals surface area contributed by atoms with Crippen LogP contribution in [-0.2, 0) is 31.6 Å². The van der Waals surface area contributed by atoms with Crippen molar-refractivity contribution in [2.24, 2.45) is 0 Å². The van der Waals surface area contributed by atoms with Crippen molar-refractivity contribution < 1.29 is 0 Å². The lowest BCUT2D eigenvalue weighted by Gasteiger charge is -2.26. The first-order valence-corrected chi connectivity index (χ1v) is 7.15. The van der Waals surface area contributed by atoms with Gasteiger partial charge in [0.2, 0.25) is 0 Å². The highest BCUT2D eigenvalue weighted by molar-refractivity contribution is 6.17. The molecule has 0 bridgehead atoms. The van der Waals surface area contributed by atoms with Crippen molar-refractivity contribution >= 4 is 11.6 Å². The first-order valence-electron chi connectivity index (χ1n) is 6.61. The van der Waals surface area contributed by atoms with Gasteiger partial charge >= 0.3 is 0 Å². The second kappa shape index (κ2) is 4.41. The molecule has 1 aromatic carbocycles. The predicted molar refractivity (Wildman–Crippen MR) is 69.3 cm³/mol. The van der Waals surface area contributed by atoms with Crippen molar-refractivity contribution in [3.8, 4) is 0 Å². The van der Waals surface area contributed by atoms with Crippen LogP contribution >= 0.6 is 11.6 Å². The van der Waals surface area contributed by atoms with Gasteiger partial charge in [-0.25, -0.2) is 0 Å². The molecule has 16 heavy (non-hydrogen) atoms. The highest BCUT2D eigenvalue weighted by Crippen LogP contribution is 2.34. The van der Waals surface area contributed by atoms with E-state index in [1.807, 2.05) is 0 Å². The zero-order chi connectivity index (χ0) is 11.0. The van der Waals surface area contributed by atoms with Gasteiger partial charge in [0.05, 0.1) is 0 Å². The van der Waals surface area contributed by atoms with Crippen molar-refractivity contribution in [1.82, 2.24) is 0 Å². The molecule has 0 atom stereocenters. The summed E-state index contributed by atoms with van der Waals surface area (Å²) in [7, 11) is 0. The van der Waals surface area contributed by atoms with Gasteiger partial charge in [-0.1, -0.05) is 6.07 Å². The molecule has 1 heteroatoms. The number of hydrogen-bond acceptors (Lipinski definition) is 0. The van der Waals surface area contributed by atoms with Gasteiger partial charge in [0.1, 0.15) is 0 Å². The van der Waals surface area contributed by atoms with Gasteiger partial charge in [-0.15, -0.1) is 11.6 Å². The number of alkyl halides is 1. The maximum atomic E-state index is 6.20. The van der Waals surface area contributed by atoms with E-state index in [9.17, 15) is 0 Å². The van der Waals surface area contributed by atoms with E-state index in [0.717, 1.165) is 5.88 Å². The van der Waals surface area contributed by atoms with Gasteiger partial charge in [-0.2, -0.15) is 0 Å². The second-order valence-electron chi connectivity index (χ2n) is 5.18. The molecule has 0 nitrogen and oxygen atoms in total. The van der Waals surface area contributed by atoms with E-state index in [0.29, 0.717) is 0 Å². The van der Waals surface area contributed by atoms with Gasteiger partial charge in [0, 0.05) is 5.88 Å². The summed E-state index contributed by atoms with van der Waals surface area (Å²) < 4.78 is 0. The van der Waals surface area contributed by atoms with Crippen LogP contribution in [0.5, 0.6) is 0 Å². The fraction of sp³-hybridized carbons (Fsp3) is 0.600. The number of benzene rings is 1. The first-order chi connectivity index (χ1) is 7.90. The molecule has 0 N–H and O–H groups in total. The van der Waals surface area contributed by atoms with Crippen LogP contribution in [0.3, 0.4) is 0 Å². The Kier molecular flexibility index (Phi) is 2.93. The topological polar surface area (TPSA) is 0 Å².